The molecule has 4 aromatic rings. The van der Waals surface area contributed by atoms with Crippen molar-refractivity contribution in [3.8, 4) is 40.7 Å². The number of esters is 1. The number of phenols is 1. The third-order valence-electron chi connectivity index (χ3n) is 10.6. The molecule has 0 radical (unpaired) electrons. The molecule has 47 heavy (non-hydrogen) atoms. The highest BCUT2D eigenvalue weighted by Gasteiger charge is 2.57. The molecule has 242 valence electrons. The second-order valence-electron chi connectivity index (χ2n) is 13.0. The molecule has 11 nitrogen and oxygen atoms in total. The molecule has 0 saturated carbocycles. The van der Waals surface area contributed by atoms with Gasteiger partial charge in [0.25, 0.3) is 0 Å². The molecule has 3 aromatic carbocycles. The molecular formula is C36H36N4O7. The molecule has 2 N–H and O–H groups in total. The molecule has 2 bridgehead atoms. The molecule has 0 spiro atoms. The second kappa shape index (κ2) is 10.6. The maximum atomic E-state index is 12.5. The predicted molar refractivity (Wildman–Crippen MR) is 171 cm³/mol. The Kier molecular flexibility index (Phi) is 6.62. The molecule has 4 aliphatic rings. The van der Waals surface area contributed by atoms with E-state index in [0.29, 0.717) is 41.4 Å². The van der Waals surface area contributed by atoms with Crippen molar-refractivity contribution < 1.29 is 34.0 Å². The second-order valence-corrected chi connectivity index (χ2v) is 13.0. The normalized spacial score (nSPS) is 24.3. The Morgan fingerprint density at radius 2 is 1.85 bits per heavy atom. The van der Waals surface area contributed by atoms with Gasteiger partial charge >= 0.3 is 5.97 Å². The van der Waals surface area contributed by atoms with Crippen molar-refractivity contribution in [1.29, 1.82) is 5.26 Å². The molecule has 5 atom stereocenters. The van der Waals surface area contributed by atoms with E-state index in [1.54, 1.807) is 7.11 Å². The Labute approximate surface area is 272 Å². The summed E-state index contributed by atoms with van der Waals surface area (Å²) in [7, 11) is 3.57. The lowest BCUT2D eigenvalue weighted by Crippen LogP contribution is -2.68. The van der Waals surface area contributed by atoms with E-state index in [4.69, 9.17) is 18.9 Å². The van der Waals surface area contributed by atoms with Crippen LogP contribution in [0, 0.1) is 25.2 Å². The summed E-state index contributed by atoms with van der Waals surface area (Å²) in [4.78, 5) is 17.0. The number of carbonyl (C=O) groups excluding carboxylic acids is 1. The molecule has 1 saturated heterocycles. The molecule has 1 fully saturated rings. The summed E-state index contributed by atoms with van der Waals surface area (Å²) in [6.45, 7) is 5.44. The fraction of sp³-hybridized carbons (Fsp3) is 0.389. The lowest BCUT2D eigenvalue weighted by atomic mass is 9.71. The van der Waals surface area contributed by atoms with Crippen LogP contribution in [0.15, 0.2) is 36.5 Å². The first kappa shape index (κ1) is 29.5. The maximum Gasteiger partial charge on any atom is 0.308 e. The molecule has 1 unspecified atom stereocenters. The average Bonchev–Trinajstić information content (AvgIpc) is 3.65. The van der Waals surface area contributed by atoms with Crippen molar-refractivity contribution in [1.82, 2.24) is 14.4 Å². The number of hydrogen-bond donors (Lipinski definition) is 2. The molecule has 1 aromatic heterocycles. The number of fused-ring (bicyclic) bond motifs is 10. The number of likely N-dealkylation sites (N-methyl/N-ethyl adjacent to an activating group) is 1. The third-order valence-corrected chi connectivity index (χ3v) is 10.6. The quantitative estimate of drug-likeness (QED) is 0.238. The van der Waals surface area contributed by atoms with Crippen LogP contribution in [0.1, 0.15) is 52.4 Å². The van der Waals surface area contributed by atoms with Crippen LogP contribution in [0.2, 0.25) is 0 Å². The molecule has 11 heteroatoms. The van der Waals surface area contributed by atoms with Crippen molar-refractivity contribution in [3.63, 3.8) is 0 Å². The van der Waals surface area contributed by atoms with Crippen LogP contribution in [0.4, 0.5) is 0 Å². The SMILES string of the molecule is COc1c(C)cc2c(c1O)[C@@H]1[C@@H]3Cc4c(OC(C)=O)c(C)c5c(c4[C@H](Cn4cc6ccccc6c4O)N3[C@@H](C#N)C(C2)N1C)OCO5. The van der Waals surface area contributed by atoms with E-state index in [1.807, 2.05) is 55.9 Å². The molecule has 8 rings (SSSR count). The molecule has 0 aliphatic carbocycles. The fourth-order valence-electron chi connectivity index (χ4n) is 8.81. The summed E-state index contributed by atoms with van der Waals surface area (Å²) in [5, 5.41) is 35.7. The van der Waals surface area contributed by atoms with E-state index < -0.39 is 18.1 Å². The Hall–Kier alpha value is -4.92. The van der Waals surface area contributed by atoms with E-state index in [0.717, 1.165) is 38.6 Å². The summed E-state index contributed by atoms with van der Waals surface area (Å²) >= 11 is 0. The predicted octanol–water partition coefficient (Wildman–Crippen LogP) is 4.80. The van der Waals surface area contributed by atoms with Gasteiger partial charge in [0.1, 0.15) is 11.8 Å². The minimum absolute atomic E-state index is 0.0109. The van der Waals surface area contributed by atoms with Crippen LogP contribution in [0.5, 0.6) is 34.6 Å². The first-order valence-corrected chi connectivity index (χ1v) is 15.8. The Bertz CT molecular complexity index is 2030. The lowest BCUT2D eigenvalue weighted by molar-refractivity contribution is -0.132. The number of aromatic hydroxyl groups is 2. The Morgan fingerprint density at radius 1 is 1.09 bits per heavy atom. The first-order valence-electron chi connectivity index (χ1n) is 15.8. The van der Waals surface area contributed by atoms with Gasteiger partial charge in [-0.05, 0) is 50.9 Å². The van der Waals surface area contributed by atoms with Crippen LogP contribution in [-0.2, 0) is 24.2 Å². The van der Waals surface area contributed by atoms with Gasteiger partial charge in [-0.25, -0.2) is 0 Å². The maximum absolute atomic E-state index is 12.5. The minimum atomic E-state index is -0.555. The first-order chi connectivity index (χ1) is 22.6. The van der Waals surface area contributed by atoms with Crippen molar-refractivity contribution in [3.05, 3.63) is 69.9 Å². The van der Waals surface area contributed by atoms with Gasteiger partial charge in [0.05, 0.1) is 25.3 Å². The summed E-state index contributed by atoms with van der Waals surface area (Å²) in [5.74, 6) is 1.69. The number of rotatable bonds is 4. The van der Waals surface area contributed by atoms with Crippen molar-refractivity contribution in [2.24, 2.45) is 0 Å². The fourth-order valence-corrected chi connectivity index (χ4v) is 8.81. The van der Waals surface area contributed by atoms with Crippen LogP contribution >= 0.6 is 0 Å². The van der Waals surface area contributed by atoms with Gasteiger partial charge in [0.15, 0.2) is 28.9 Å². The topological polar surface area (TPSA) is 130 Å². The van der Waals surface area contributed by atoms with Gasteiger partial charge in [-0.3, -0.25) is 14.6 Å². The van der Waals surface area contributed by atoms with Crippen LogP contribution in [0.3, 0.4) is 0 Å². The zero-order valence-electron chi connectivity index (χ0n) is 26.9. The van der Waals surface area contributed by atoms with Gasteiger partial charge in [-0.2, -0.15) is 5.26 Å². The van der Waals surface area contributed by atoms with Crippen LogP contribution < -0.4 is 18.9 Å². The number of ether oxygens (including phenoxy) is 4. The van der Waals surface area contributed by atoms with Gasteiger partial charge < -0.3 is 33.7 Å². The number of nitrogens with zero attached hydrogens (tertiary/aromatic N) is 4. The van der Waals surface area contributed by atoms with E-state index in [2.05, 4.69) is 21.9 Å². The molecule has 5 heterocycles. The summed E-state index contributed by atoms with van der Waals surface area (Å²) in [6.07, 6.45) is 2.88. The third kappa shape index (κ3) is 4.08. The summed E-state index contributed by atoms with van der Waals surface area (Å²) < 4.78 is 25.6. The number of phenolic OH excluding ortho intramolecular Hbond substituents is 1. The smallest absolute Gasteiger partial charge is 0.308 e. The highest BCUT2D eigenvalue weighted by Crippen LogP contribution is 2.59. The van der Waals surface area contributed by atoms with E-state index in [-0.39, 0.29) is 43.1 Å². The molecular weight excluding hydrogens is 600 g/mol. The van der Waals surface area contributed by atoms with Crippen molar-refractivity contribution in [2.75, 3.05) is 21.0 Å². The van der Waals surface area contributed by atoms with Crippen molar-refractivity contribution >= 4 is 16.7 Å². The van der Waals surface area contributed by atoms with Gasteiger partial charge in [0.2, 0.25) is 6.79 Å². The van der Waals surface area contributed by atoms with Crippen LogP contribution in [0.25, 0.3) is 10.8 Å². The lowest BCUT2D eigenvalue weighted by Gasteiger charge is -2.60. The Morgan fingerprint density at radius 3 is 2.57 bits per heavy atom. The largest absolute Gasteiger partial charge is 0.504 e. The summed E-state index contributed by atoms with van der Waals surface area (Å²) in [6, 6.07) is 10.5. The molecule has 4 aliphatic heterocycles. The van der Waals surface area contributed by atoms with Gasteiger partial charge in [0, 0.05) is 64.8 Å². The van der Waals surface area contributed by atoms with Crippen LogP contribution in [-0.4, -0.2) is 69.6 Å². The average molecular weight is 637 g/mol. The van der Waals surface area contributed by atoms with Crippen molar-refractivity contribution in [2.45, 2.75) is 70.4 Å². The van der Waals surface area contributed by atoms with Gasteiger partial charge in [-0.15, -0.1) is 0 Å². The zero-order chi connectivity index (χ0) is 32.9. The van der Waals surface area contributed by atoms with Gasteiger partial charge in [-0.1, -0.05) is 24.3 Å². The number of benzene rings is 3. The number of hydrogen-bond acceptors (Lipinski definition) is 10. The number of carbonyl (C=O) groups is 1. The monoisotopic (exact) mass is 636 g/mol. The van der Waals surface area contributed by atoms with E-state index >= 15 is 0 Å². The molecule has 0 amide bonds. The zero-order valence-corrected chi connectivity index (χ0v) is 26.9. The number of piperazine rings is 1. The minimum Gasteiger partial charge on any atom is -0.504 e. The standard InChI is InChI=1S/C36H36N4O7/c1-17-10-21-11-24-26(13-37)40-25(30(38(24)4)28(21)31(42)32(17)44-5)12-23-29(35-34(45-16-46-35)18(2)33(23)47-19(3)41)27(40)15-39-14-20-8-6-7-9-22(20)36(39)43/h6-10,14,24-27,30,42-43H,11-12,15-16H2,1-5H3/t24?,25-,26-,27-,30-/m0/s1. The number of aryl methyl sites for hydroxylation is 1. The van der Waals surface area contributed by atoms with E-state index in [9.17, 15) is 20.3 Å². The highest BCUT2D eigenvalue weighted by atomic mass is 16.7. The number of nitriles is 1. The number of aromatic nitrogens is 1. The highest BCUT2D eigenvalue weighted by molar-refractivity contribution is 5.87. The Balaban J connectivity index is 1.40. The number of methoxy groups -OCH3 is 1. The summed E-state index contributed by atoms with van der Waals surface area (Å²) in [5.41, 5.74) is 4.84. The van der Waals surface area contributed by atoms with E-state index in [1.165, 1.54) is 6.92 Å².